The van der Waals surface area contributed by atoms with Crippen LogP contribution in [0.1, 0.15) is 43.7 Å². The van der Waals surface area contributed by atoms with Crippen LogP contribution >= 0.6 is 11.6 Å². The quantitative estimate of drug-likeness (QED) is 0.654. The number of fused-ring (bicyclic) bond motifs is 1. The minimum absolute atomic E-state index is 0.0798. The third-order valence-electron chi connectivity index (χ3n) is 6.62. The molecule has 0 amide bonds. The number of alkyl halides is 1. The largest absolute Gasteiger partial charge is 0.508 e. The van der Waals surface area contributed by atoms with E-state index in [-0.39, 0.29) is 17.3 Å². The minimum atomic E-state index is -0.250. The molecule has 3 nitrogen and oxygen atoms in total. The van der Waals surface area contributed by atoms with Gasteiger partial charge in [-0.1, -0.05) is 31.2 Å². The van der Waals surface area contributed by atoms with Gasteiger partial charge in [0.2, 0.25) is 0 Å². The second-order valence-corrected chi connectivity index (χ2v) is 8.62. The number of allylic oxidation sites excluding steroid dienone is 2. The number of ether oxygens (including phenoxy) is 1. The van der Waals surface area contributed by atoms with Crippen molar-refractivity contribution in [1.29, 1.82) is 0 Å². The van der Waals surface area contributed by atoms with Crippen molar-refractivity contribution in [3.63, 3.8) is 0 Å². The van der Waals surface area contributed by atoms with E-state index >= 15 is 0 Å². The summed E-state index contributed by atoms with van der Waals surface area (Å²) < 4.78 is 5.61. The Labute approximate surface area is 171 Å². The van der Waals surface area contributed by atoms with Gasteiger partial charge in [0.05, 0.1) is 12.0 Å². The molecule has 0 unspecified atom stereocenters. The molecule has 0 aliphatic heterocycles. The van der Waals surface area contributed by atoms with E-state index in [0.29, 0.717) is 18.4 Å². The molecule has 2 aromatic rings. The lowest BCUT2D eigenvalue weighted by atomic mass is 9.64. The van der Waals surface area contributed by atoms with Crippen molar-refractivity contribution < 1.29 is 14.9 Å². The highest BCUT2D eigenvalue weighted by Crippen LogP contribution is 2.57. The molecule has 4 heteroatoms. The van der Waals surface area contributed by atoms with E-state index < -0.39 is 0 Å². The lowest BCUT2D eigenvalue weighted by Gasteiger charge is -2.41. The third-order valence-corrected chi connectivity index (χ3v) is 6.77. The number of aliphatic hydroxyl groups is 1. The van der Waals surface area contributed by atoms with Gasteiger partial charge in [-0.15, -0.1) is 11.6 Å². The normalized spacial score (nSPS) is 27.0. The Morgan fingerprint density at radius 1 is 1.00 bits per heavy atom. The Morgan fingerprint density at radius 2 is 1.64 bits per heavy atom. The van der Waals surface area contributed by atoms with Crippen molar-refractivity contribution in [3.8, 4) is 11.5 Å². The number of rotatable bonds is 5. The van der Waals surface area contributed by atoms with Crippen LogP contribution in [-0.2, 0) is 0 Å². The van der Waals surface area contributed by atoms with Crippen LogP contribution in [0.3, 0.4) is 0 Å². The Bertz CT molecular complexity index is 856. The van der Waals surface area contributed by atoms with E-state index in [1.54, 1.807) is 12.1 Å². The van der Waals surface area contributed by atoms with Crippen molar-refractivity contribution in [2.75, 3.05) is 12.5 Å². The summed E-state index contributed by atoms with van der Waals surface area (Å²) in [5, 5.41) is 20.4. The van der Waals surface area contributed by atoms with Gasteiger partial charge < -0.3 is 14.9 Å². The summed E-state index contributed by atoms with van der Waals surface area (Å²) in [6.07, 6.45) is 3.51. The fourth-order valence-electron chi connectivity index (χ4n) is 4.88. The van der Waals surface area contributed by atoms with Crippen LogP contribution in [0, 0.1) is 11.3 Å². The van der Waals surface area contributed by atoms with E-state index in [1.807, 2.05) is 24.3 Å². The topological polar surface area (TPSA) is 49.7 Å². The summed E-state index contributed by atoms with van der Waals surface area (Å²) in [5.41, 5.74) is 4.85. The van der Waals surface area contributed by atoms with Gasteiger partial charge in [0.15, 0.2) is 0 Å². The molecule has 0 heterocycles. The Kier molecular flexibility index (Phi) is 5.39. The van der Waals surface area contributed by atoms with E-state index in [2.05, 4.69) is 19.1 Å². The molecule has 28 heavy (non-hydrogen) atoms. The average molecular weight is 399 g/mol. The van der Waals surface area contributed by atoms with Crippen LogP contribution < -0.4 is 4.74 Å². The summed E-state index contributed by atoms with van der Waals surface area (Å²) in [5.74, 6) is 2.05. The zero-order valence-corrected chi connectivity index (χ0v) is 17.0. The van der Waals surface area contributed by atoms with E-state index in [1.165, 1.54) is 16.7 Å². The molecule has 2 N–H and O–H groups in total. The van der Waals surface area contributed by atoms with Crippen LogP contribution in [0.4, 0.5) is 0 Å². The van der Waals surface area contributed by atoms with Crippen molar-refractivity contribution in [1.82, 2.24) is 0 Å². The number of hydrogen-bond donors (Lipinski definition) is 2. The number of halogens is 1. The predicted molar refractivity (Wildman–Crippen MR) is 114 cm³/mol. The highest BCUT2D eigenvalue weighted by Gasteiger charge is 2.49. The van der Waals surface area contributed by atoms with E-state index in [9.17, 15) is 10.2 Å². The Hall–Kier alpha value is -1.97. The van der Waals surface area contributed by atoms with Crippen LogP contribution in [0.25, 0.3) is 11.1 Å². The Balaban J connectivity index is 1.75. The lowest BCUT2D eigenvalue weighted by Crippen LogP contribution is -2.35. The second kappa shape index (κ2) is 7.81. The molecule has 0 spiro atoms. The molecule has 3 atom stereocenters. The first-order valence-corrected chi connectivity index (χ1v) is 10.5. The molecule has 0 saturated heterocycles. The molecule has 0 radical (unpaired) electrons. The molecule has 1 fully saturated rings. The van der Waals surface area contributed by atoms with Gasteiger partial charge in [-0.3, -0.25) is 0 Å². The third kappa shape index (κ3) is 3.54. The van der Waals surface area contributed by atoms with Gasteiger partial charge in [-0.05, 0) is 78.1 Å². The number of hydrogen-bond acceptors (Lipinski definition) is 3. The number of aromatic hydroxyl groups is 1. The molecule has 0 bridgehead atoms. The maximum Gasteiger partial charge on any atom is 0.119 e. The van der Waals surface area contributed by atoms with Crippen LogP contribution in [0.5, 0.6) is 11.5 Å². The summed E-state index contributed by atoms with van der Waals surface area (Å²) in [6, 6.07) is 15.7. The predicted octanol–water partition coefficient (Wildman–Crippen LogP) is 5.49. The first kappa shape index (κ1) is 19.4. The lowest BCUT2D eigenvalue weighted by molar-refractivity contribution is 0.0422. The molecule has 1 saturated carbocycles. The molecular weight excluding hydrogens is 372 g/mol. The fraction of sp³-hybridized carbons (Fsp3) is 0.417. The van der Waals surface area contributed by atoms with Crippen LogP contribution in [-0.4, -0.2) is 28.8 Å². The summed E-state index contributed by atoms with van der Waals surface area (Å²) >= 11 is 5.71. The highest BCUT2D eigenvalue weighted by atomic mass is 35.5. The zero-order valence-electron chi connectivity index (χ0n) is 16.2. The standard InChI is InChI=1S/C24H27ClO3/c1-24-15-22(17-4-9-20(10-5-17)28-13-12-25)21(14-18(24)6-11-23(24)27)16-2-7-19(26)8-3-16/h2-5,7-10,18,23,26-27H,6,11-15H2,1H3/t18-,23-,24-/m0/s1. The molecule has 0 aromatic heterocycles. The van der Waals surface area contributed by atoms with Crippen molar-refractivity contribution in [3.05, 3.63) is 59.7 Å². The zero-order chi connectivity index (χ0) is 19.7. The monoisotopic (exact) mass is 398 g/mol. The molecule has 148 valence electrons. The van der Waals surface area contributed by atoms with Gasteiger partial charge in [-0.25, -0.2) is 0 Å². The smallest absolute Gasteiger partial charge is 0.119 e. The van der Waals surface area contributed by atoms with Gasteiger partial charge in [0.1, 0.15) is 18.1 Å². The van der Waals surface area contributed by atoms with Crippen molar-refractivity contribution in [2.45, 2.75) is 38.7 Å². The summed E-state index contributed by atoms with van der Waals surface area (Å²) in [6.45, 7) is 2.73. The number of phenols is 1. The molecule has 2 aliphatic carbocycles. The van der Waals surface area contributed by atoms with E-state index in [4.69, 9.17) is 16.3 Å². The van der Waals surface area contributed by atoms with Gasteiger partial charge in [0, 0.05) is 5.41 Å². The SMILES string of the molecule is C[C@]12CC(c3ccc(OCCCl)cc3)=C(c3ccc(O)cc3)C[C@@H]1CC[C@@H]2O. The summed E-state index contributed by atoms with van der Waals surface area (Å²) in [7, 11) is 0. The Morgan fingerprint density at radius 3 is 2.32 bits per heavy atom. The summed E-state index contributed by atoms with van der Waals surface area (Å²) in [4.78, 5) is 0. The van der Waals surface area contributed by atoms with Gasteiger partial charge in [0.25, 0.3) is 0 Å². The molecule has 2 aromatic carbocycles. The molecular formula is C24H27ClO3. The average Bonchev–Trinajstić information content (AvgIpc) is 3.00. The molecule has 4 rings (SSSR count). The number of phenolic OH excluding ortho intramolecular Hbond substituents is 1. The van der Waals surface area contributed by atoms with E-state index in [0.717, 1.165) is 37.0 Å². The number of aliphatic hydroxyl groups excluding tert-OH is 1. The van der Waals surface area contributed by atoms with Crippen LogP contribution in [0.15, 0.2) is 48.5 Å². The van der Waals surface area contributed by atoms with Crippen molar-refractivity contribution >= 4 is 22.7 Å². The van der Waals surface area contributed by atoms with Gasteiger partial charge >= 0.3 is 0 Å². The van der Waals surface area contributed by atoms with Crippen molar-refractivity contribution in [2.24, 2.45) is 11.3 Å². The highest BCUT2D eigenvalue weighted by molar-refractivity contribution is 6.18. The molecule has 2 aliphatic rings. The number of benzene rings is 2. The van der Waals surface area contributed by atoms with Gasteiger partial charge in [-0.2, -0.15) is 0 Å². The second-order valence-electron chi connectivity index (χ2n) is 8.24. The minimum Gasteiger partial charge on any atom is -0.508 e. The fourth-order valence-corrected chi connectivity index (χ4v) is 4.96. The van der Waals surface area contributed by atoms with Crippen LogP contribution in [0.2, 0.25) is 0 Å². The maximum absolute atomic E-state index is 10.7. The first-order chi connectivity index (χ1) is 13.5. The first-order valence-electron chi connectivity index (χ1n) is 10.00. The maximum atomic E-state index is 10.7.